The first-order valence-corrected chi connectivity index (χ1v) is 6.12. The van der Waals surface area contributed by atoms with Crippen LogP contribution < -0.4 is 10.6 Å². The fourth-order valence-electron chi connectivity index (χ4n) is 1.55. The molecule has 0 bridgehead atoms. The van der Waals surface area contributed by atoms with Gasteiger partial charge in [-0.25, -0.2) is 9.97 Å². The van der Waals surface area contributed by atoms with Crippen LogP contribution in [0.5, 0.6) is 0 Å². The Morgan fingerprint density at radius 2 is 2.28 bits per heavy atom. The van der Waals surface area contributed by atoms with Crippen molar-refractivity contribution in [1.82, 2.24) is 9.97 Å². The molecule has 2 aromatic rings. The summed E-state index contributed by atoms with van der Waals surface area (Å²) >= 11 is 1.67. The second-order valence-corrected chi connectivity index (χ2v) is 4.68. The van der Waals surface area contributed by atoms with Gasteiger partial charge in [-0.2, -0.15) is 0 Å². The van der Waals surface area contributed by atoms with Gasteiger partial charge in [0.15, 0.2) is 17.3 Å². The minimum Gasteiger partial charge on any atom is -0.409 e. The number of amidine groups is 1. The second-order valence-electron chi connectivity index (χ2n) is 3.65. The SMILES string of the molecule is CN(Cc1cccs1)c1nccnc1C(N)=NO. The average Bonchev–Trinajstić information content (AvgIpc) is 2.90. The number of nitrogens with zero attached hydrogens (tertiary/aromatic N) is 4. The van der Waals surface area contributed by atoms with Crippen LogP contribution in [0.2, 0.25) is 0 Å². The first kappa shape index (κ1) is 12.3. The summed E-state index contributed by atoms with van der Waals surface area (Å²) in [4.78, 5) is 11.4. The highest BCUT2D eigenvalue weighted by Gasteiger charge is 2.14. The van der Waals surface area contributed by atoms with Gasteiger partial charge in [0.1, 0.15) is 0 Å². The molecule has 94 valence electrons. The molecular formula is C11H13N5OS. The summed E-state index contributed by atoms with van der Waals surface area (Å²) in [5.74, 6) is 0.539. The largest absolute Gasteiger partial charge is 0.409 e. The molecule has 2 aromatic heterocycles. The summed E-state index contributed by atoms with van der Waals surface area (Å²) in [6.45, 7) is 0.696. The molecule has 6 nitrogen and oxygen atoms in total. The van der Waals surface area contributed by atoms with E-state index in [0.29, 0.717) is 18.1 Å². The second kappa shape index (κ2) is 5.46. The lowest BCUT2D eigenvalue weighted by molar-refractivity contribution is 0.318. The summed E-state index contributed by atoms with van der Waals surface area (Å²) in [6, 6.07) is 4.04. The molecular weight excluding hydrogens is 250 g/mol. The third-order valence-corrected chi connectivity index (χ3v) is 3.23. The highest BCUT2D eigenvalue weighted by molar-refractivity contribution is 7.09. The standard InChI is InChI=1S/C11H13N5OS/c1-16(7-8-3-2-6-18-8)11-9(10(12)15-17)13-4-5-14-11/h2-6,17H,7H2,1H3,(H2,12,15). The number of thiophene rings is 1. The van der Waals surface area contributed by atoms with E-state index in [1.807, 2.05) is 29.5 Å². The molecule has 2 rings (SSSR count). The number of hydrogen-bond acceptors (Lipinski definition) is 6. The number of aromatic nitrogens is 2. The minimum atomic E-state index is -0.0453. The molecule has 0 aliphatic rings. The molecule has 7 heteroatoms. The van der Waals surface area contributed by atoms with Crippen LogP contribution >= 0.6 is 11.3 Å². The molecule has 0 fully saturated rings. The summed E-state index contributed by atoms with van der Waals surface area (Å²) < 4.78 is 0. The third-order valence-electron chi connectivity index (χ3n) is 2.36. The molecule has 0 aliphatic heterocycles. The molecule has 2 heterocycles. The van der Waals surface area contributed by atoms with E-state index in [1.54, 1.807) is 17.5 Å². The molecule has 3 N–H and O–H groups in total. The zero-order valence-corrected chi connectivity index (χ0v) is 10.6. The Bertz CT molecular complexity index is 540. The molecule has 0 aliphatic carbocycles. The van der Waals surface area contributed by atoms with Gasteiger partial charge < -0.3 is 15.8 Å². The van der Waals surface area contributed by atoms with Crippen molar-refractivity contribution in [2.75, 3.05) is 11.9 Å². The number of hydrogen-bond donors (Lipinski definition) is 2. The molecule has 18 heavy (non-hydrogen) atoms. The number of anilines is 1. The van der Waals surface area contributed by atoms with Crippen LogP contribution in [0.25, 0.3) is 0 Å². The van der Waals surface area contributed by atoms with E-state index >= 15 is 0 Å². The summed E-state index contributed by atoms with van der Waals surface area (Å²) in [6.07, 6.45) is 3.09. The average molecular weight is 263 g/mol. The van der Waals surface area contributed by atoms with E-state index in [2.05, 4.69) is 15.1 Å². The zero-order chi connectivity index (χ0) is 13.0. The molecule has 0 aromatic carbocycles. The van der Waals surface area contributed by atoms with Crippen molar-refractivity contribution >= 4 is 23.0 Å². The van der Waals surface area contributed by atoms with E-state index in [0.717, 1.165) is 0 Å². The van der Waals surface area contributed by atoms with Gasteiger partial charge in [-0.05, 0) is 11.4 Å². The normalized spacial score (nSPS) is 11.5. The van der Waals surface area contributed by atoms with Crippen LogP contribution in [0.3, 0.4) is 0 Å². The highest BCUT2D eigenvalue weighted by Crippen LogP contribution is 2.18. The van der Waals surface area contributed by atoms with Gasteiger partial charge >= 0.3 is 0 Å². The minimum absolute atomic E-state index is 0.0453. The van der Waals surface area contributed by atoms with Crippen LogP contribution in [-0.2, 0) is 6.54 Å². The smallest absolute Gasteiger partial charge is 0.192 e. The lowest BCUT2D eigenvalue weighted by atomic mass is 10.3. The fourth-order valence-corrected chi connectivity index (χ4v) is 2.31. The van der Waals surface area contributed by atoms with Crippen molar-refractivity contribution in [1.29, 1.82) is 0 Å². The first-order chi connectivity index (χ1) is 8.72. The molecule has 0 saturated heterocycles. The Labute approximate surface area is 108 Å². The Kier molecular flexibility index (Phi) is 3.73. The van der Waals surface area contributed by atoms with Crippen molar-refractivity contribution in [2.24, 2.45) is 10.9 Å². The maximum atomic E-state index is 8.73. The van der Waals surface area contributed by atoms with Crippen molar-refractivity contribution in [3.05, 3.63) is 40.5 Å². The maximum absolute atomic E-state index is 8.73. The Morgan fingerprint density at radius 1 is 1.50 bits per heavy atom. The quantitative estimate of drug-likeness (QED) is 0.375. The summed E-state index contributed by atoms with van der Waals surface area (Å²) in [5.41, 5.74) is 5.95. The molecule has 0 spiro atoms. The molecule has 0 atom stereocenters. The Hall–Kier alpha value is -2.15. The van der Waals surface area contributed by atoms with Gasteiger partial charge in [-0.15, -0.1) is 11.3 Å². The van der Waals surface area contributed by atoms with Crippen LogP contribution in [0.1, 0.15) is 10.6 Å². The van der Waals surface area contributed by atoms with Crippen LogP contribution in [0, 0.1) is 0 Å². The van der Waals surface area contributed by atoms with Gasteiger partial charge in [0.05, 0.1) is 6.54 Å². The lowest BCUT2D eigenvalue weighted by Gasteiger charge is -2.18. The molecule has 0 saturated carbocycles. The Morgan fingerprint density at radius 3 is 2.94 bits per heavy atom. The molecule has 0 amide bonds. The monoisotopic (exact) mass is 263 g/mol. The fraction of sp³-hybridized carbons (Fsp3) is 0.182. The predicted octanol–water partition coefficient (Wildman–Crippen LogP) is 1.27. The van der Waals surface area contributed by atoms with E-state index in [4.69, 9.17) is 10.9 Å². The van der Waals surface area contributed by atoms with Crippen molar-refractivity contribution < 1.29 is 5.21 Å². The lowest BCUT2D eigenvalue weighted by Crippen LogP contribution is -2.24. The number of rotatable bonds is 4. The highest BCUT2D eigenvalue weighted by atomic mass is 32.1. The van der Waals surface area contributed by atoms with Gasteiger partial charge in [-0.3, -0.25) is 0 Å². The van der Waals surface area contributed by atoms with Crippen LogP contribution in [-0.4, -0.2) is 28.1 Å². The van der Waals surface area contributed by atoms with E-state index in [-0.39, 0.29) is 5.84 Å². The zero-order valence-electron chi connectivity index (χ0n) is 9.82. The van der Waals surface area contributed by atoms with E-state index < -0.39 is 0 Å². The van der Waals surface area contributed by atoms with E-state index in [1.165, 1.54) is 11.1 Å². The van der Waals surface area contributed by atoms with E-state index in [9.17, 15) is 0 Å². The molecule has 0 unspecified atom stereocenters. The van der Waals surface area contributed by atoms with Crippen molar-refractivity contribution in [3.8, 4) is 0 Å². The summed E-state index contributed by atoms with van der Waals surface area (Å²) in [5, 5.41) is 13.7. The molecule has 0 radical (unpaired) electrons. The Balaban J connectivity index is 2.27. The van der Waals surface area contributed by atoms with Crippen LogP contribution in [0.4, 0.5) is 5.82 Å². The van der Waals surface area contributed by atoms with Gasteiger partial charge in [0.2, 0.25) is 0 Å². The predicted molar refractivity (Wildman–Crippen MR) is 71.0 cm³/mol. The number of nitrogens with two attached hydrogens (primary N) is 1. The van der Waals surface area contributed by atoms with Crippen molar-refractivity contribution in [3.63, 3.8) is 0 Å². The summed E-state index contributed by atoms with van der Waals surface area (Å²) in [7, 11) is 1.89. The van der Waals surface area contributed by atoms with Crippen LogP contribution in [0.15, 0.2) is 35.1 Å². The topological polar surface area (TPSA) is 87.6 Å². The van der Waals surface area contributed by atoms with Gasteiger partial charge in [0.25, 0.3) is 0 Å². The first-order valence-electron chi connectivity index (χ1n) is 5.24. The van der Waals surface area contributed by atoms with Gasteiger partial charge in [0, 0.05) is 24.3 Å². The third kappa shape index (κ3) is 2.57. The number of oxime groups is 1. The van der Waals surface area contributed by atoms with Gasteiger partial charge in [-0.1, -0.05) is 11.2 Å². The maximum Gasteiger partial charge on any atom is 0.192 e. The van der Waals surface area contributed by atoms with Crippen molar-refractivity contribution in [2.45, 2.75) is 6.54 Å².